The zero-order valence-corrected chi connectivity index (χ0v) is 14.7. The highest BCUT2D eigenvalue weighted by Crippen LogP contribution is 2.14. The van der Waals surface area contributed by atoms with Gasteiger partial charge in [0, 0.05) is 10.7 Å². The molecule has 0 saturated carbocycles. The Hall–Kier alpha value is -2.31. The Balaban J connectivity index is 1.65. The predicted molar refractivity (Wildman–Crippen MR) is 100 cm³/mol. The van der Waals surface area contributed by atoms with Crippen molar-refractivity contribution in [2.75, 3.05) is 11.9 Å². The number of anilines is 1. The summed E-state index contributed by atoms with van der Waals surface area (Å²) in [6, 6.07) is 14.8. The summed E-state index contributed by atoms with van der Waals surface area (Å²) in [4.78, 5) is 11.7. The molecule has 3 N–H and O–H groups in total. The lowest BCUT2D eigenvalue weighted by atomic mass is 10.2. The number of ether oxygens (including phenoxy) is 1. The summed E-state index contributed by atoms with van der Waals surface area (Å²) in [6.45, 7) is 2.29. The van der Waals surface area contributed by atoms with Crippen molar-refractivity contribution in [1.82, 2.24) is 10.9 Å². The van der Waals surface area contributed by atoms with Crippen LogP contribution in [0.4, 0.5) is 5.69 Å². The van der Waals surface area contributed by atoms with Gasteiger partial charge in [0.15, 0.2) is 5.11 Å². The van der Waals surface area contributed by atoms with Gasteiger partial charge in [-0.15, -0.1) is 0 Å². The largest absolute Gasteiger partial charge is 0.493 e. The van der Waals surface area contributed by atoms with Crippen LogP contribution in [0.2, 0.25) is 5.02 Å². The van der Waals surface area contributed by atoms with Crippen molar-refractivity contribution >= 4 is 40.5 Å². The van der Waals surface area contributed by atoms with Crippen LogP contribution in [0.5, 0.6) is 5.75 Å². The first-order valence-electron chi connectivity index (χ1n) is 7.34. The van der Waals surface area contributed by atoms with E-state index < -0.39 is 0 Å². The van der Waals surface area contributed by atoms with Crippen molar-refractivity contribution in [3.8, 4) is 5.75 Å². The van der Waals surface area contributed by atoms with Crippen LogP contribution in [0.25, 0.3) is 0 Å². The maximum atomic E-state index is 11.7. The molecule has 2 rings (SSSR count). The third-order valence-electron chi connectivity index (χ3n) is 3.02. The number of carbonyl (C=O) groups is 1. The zero-order chi connectivity index (χ0) is 17.4. The van der Waals surface area contributed by atoms with Crippen molar-refractivity contribution < 1.29 is 9.53 Å². The lowest BCUT2D eigenvalue weighted by Gasteiger charge is -2.12. The summed E-state index contributed by atoms with van der Waals surface area (Å²) in [6.07, 6.45) is 0.209. The van der Waals surface area contributed by atoms with Gasteiger partial charge in [-0.1, -0.05) is 35.4 Å². The van der Waals surface area contributed by atoms with E-state index in [9.17, 15) is 4.79 Å². The molecule has 0 atom stereocenters. The molecule has 0 aliphatic heterocycles. The molecule has 0 aliphatic carbocycles. The molecule has 5 nitrogen and oxygen atoms in total. The van der Waals surface area contributed by atoms with Gasteiger partial charge in [-0.05, 0) is 49.5 Å². The molecule has 0 unspecified atom stereocenters. The number of hydrogen-bond acceptors (Lipinski definition) is 3. The van der Waals surface area contributed by atoms with Gasteiger partial charge in [-0.25, -0.2) is 0 Å². The summed E-state index contributed by atoms with van der Waals surface area (Å²) in [5, 5.41) is 3.78. The topological polar surface area (TPSA) is 62.4 Å². The number of hydrazine groups is 1. The van der Waals surface area contributed by atoms with Crippen LogP contribution in [-0.4, -0.2) is 17.6 Å². The van der Waals surface area contributed by atoms with Gasteiger partial charge in [-0.2, -0.15) is 0 Å². The number of rotatable bonds is 5. The quantitative estimate of drug-likeness (QED) is 0.561. The van der Waals surface area contributed by atoms with Gasteiger partial charge in [0.25, 0.3) is 0 Å². The fourth-order valence-electron chi connectivity index (χ4n) is 1.81. The average molecular weight is 364 g/mol. The summed E-state index contributed by atoms with van der Waals surface area (Å²) in [7, 11) is 0. The van der Waals surface area contributed by atoms with Crippen molar-refractivity contribution in [1.29, 1.82) is 0 Å². The van der Waals surface area contributed by atoms with Crippen LogP contribution < -0.4 is 20.9 Å². The number of nitrogens with one attached hydrogen (secondary N) is 3. The molecule has 7 heteroatoms. The molecule has 0 heterocycles. The van der Waals surface area contributed by atoms with Gasteiger partial charge in [0.2, 0.25) is 5.91 Å². The predicted octanol–water partition coefficient (Wildman–Crippen LogP) is 3.44. The molecule has 126 valence electrons. The van der Waals surface area contributed by atoms with E-state index in [-0.39, 0.29) is 24.0 Å². The van der Waals surface area contributed by atoms with E-state index in [2.05, 4.69) is 16.2 Å². The molecular weight excluding hydrogens is 346 g/mol. The van der Waals surface area contributed by atoms with E-state index in [4.69, 9.17) is 28.6 Å². The molecule has 2 aromatic rings. The molecule has 0 saturated heterocycles. The Labute approximate surface area is 151 Å². The van der Waals surface area contributed by atoms with Crippen molar-refractivity contribution in [2.24, 2.45) is 0 Å². The highest BCUT2D eigenvalue weighted by Gasteiger charge is 2.03. The zero-order valence-electron chi connectivity index (χ0n) is 13.1. The highest BCUT2D eigenvalue weighted by atomic mass is 35.5. The molecular formula is C17H18ClN3O2S. The molecule has 0 fully saturated rings. The molecule has 2 aromatic carbocycles. The number of hydrogen-bond donors (Lipinski definition) is 3. The highest BCUT2D eigenvalue weighted by molar-refractivity contribution is 7.80. The van der Waals surface area contributed by atoms with Gasteiger partial charge >= 0.3 is 0 Å². The van der Waals surface area contributed by atoms with E-state index >= 15 is 0 Å². The Kier molecular flexibility index (Phi) is 6.84. The number of halogens is 1. The Morgan fingerprint density at radius 2 is 1.92 bits per heavy atom. The minimum Gasteiger partial charge on any atom is -0.493 e. The maximum Gasteiger partial charge on any atom is 0.241 e. The molecule has 0 spiro atoms. The Morgan fingerprint density at radius 1 is 1.17 bits per heavy atom. The molecule has 0 aliphatic rings. The van der Waals surface area contributed by atoms with E-state index in [1.165, 1.54) is 0 Å². The maximum absolute atomic E-state index is 11.7. The first-order valence-corrected chi connectivity index (χ1v) is 8.12. The fourth-order valence-corrected chi connectivity index (χ4v) is 2.17. The second-order valence-electron chi connectivity index (χ2n) is 5.05. The Bertz CT molecular complexity index is 707. The molecule has 24 heavy (non-hydrogen) atoms. The van der Waals surface area contributed by atoms with Gasteiger partial charge in [-0.3, -0.25) is 15.6 Å². The van der Waals surface area contributed by atoms with Crippen LogP contribution in [-0.2, 0) is 4.79 Å². The SMILES string of the molecule is Cc1ccc(OCCC(=O)NNC(=S)Nc2cccc(Cl)c2)cc1. The third-order valence-corrected chi connectivity index (χ3v) is 3.46. The van der Waals surface area contributed by atoms with E-state index in [0.717, 1.165) is 17.0 Å². The summed E-state index contributed by atoms with van der Waals surface area (Å²) in [5.41, 5.74) is 7.03. The standard InChI is InChI=1S/C17H18ClN3O2S/c1-12-5-7-15(8-6-12)23-10-9-16(22)20-21-17(24)19-14-4-2-3-13(18)11-14/h2-8,11H,9-10H2,1H3,(H,20,22)(H2,19,21,24). The first kappa shape index (κ1) is 18.0. The summed E-state index contributed by atoms with van der Waals surface area (Å²) >= 11 is 11.0. The molecule has 0 radical (unpaired) electrons. The minimum absolute atomic E-state index is 0.209. The summed E-state index contributed by atoms with van der Waals surface area (Å²) < 4.78 is 5.50. The molecule has 0 aromatic heterocycles. The van der Waals surface area contributed by atoms with Gasteiger partial charge in [0.1, 0.15) is 5.75 Å². The first-order chi connectivity index (χ1) is 11.5. The second kappa shape index (κ2) is 9.10. The number of carbonyl (C=O) groups excluding carboxylic acids is 1. The van der Waals surface area contributed by atoms with Gasteiger partial charge < -0.3 is 10.1 Å². The normalized spacial score (nSPS) is 9.92. The number of aryl methyl sites for hydroxylation is 1. The van der Waals surface area contributed by atoms with E-state index in [1.54, 1.807) is 18.2 Å². The number of amides is 1. The van der Waals surface area contributed by atoms with Gasteiger partial charge in [0.05, 0.1) is 13.0 Å². The fraction of sp³-hybridized carbons (Fsp3) is 0.176. The summed E-state index contributed by atoms with van der Waals surface area (Å²) in [5.74, 6) is 0.511. The number of benzene rings is 2. The van der Waals surface area contributed by atoms with Crippen LogP contribution in [0, 0.1) is 6.92 Å². The van der Waals surface area contributed by atoms with Crippen LogP contribution in [0.3, 0.4) is 0 Å². The van der Waals surface area contributed by atoms with Crippen LogP contribution >= 0.6 is 23.8 Å². The lowest BCUT2D eigenvalue weighted by Crippen LogP contribution is -2.44. The van der Waals surface area contributed by atoms with Crippen molar-refractivity contribution in [2.45, 2.75) is 13.3 Å². The third kappa shape index (κ3) is 6.44. The van der Waals surface area contributed by atoms with Crippen LogP contribution in [0.15, 0.2) is 48.5 Å². The van der Waals surface area contributed by atoms with E-state index in [0.29, 0.717) is 5.02 Å². The van der Waals surface area contributed by atoms with Crippen molar-refractivity contribution in [3.63, 3.8) is 0 Å². The molecule has 1 amide bonds. The van der Waals surface area contributed by atoms with Crippen molar-refractivity contribution in [3.05, 3.63) is 59.1 Å². The van der Waals surface area contributed by atoms with E-state index in [1.807, 2.05) is 37.3 Å². The van der Waals surface area contributed by atoms with Crippen LogP contribution in [0.1, 0.15) is 12.0 Å². The number of thiocarbonyl (C=S) groups is 1. The average Bonchev–Trinajstić information content (AvgIpc) is 2.55. The Morgan fingerprint density at radius 3 is 2.62 bits per heavy atom. The molecule has 0 bridgehead atoms. The monoisotopic (exact) mass is 363 g/mol. The second-order valence-corrected chi connectivity index (χ2v) is 5.89. The smallest absolute Gasteiger partial charge is 0.241 e. The lowest BCUT2D eigenvalue weighted by molar-refractivity contribution is -0.122. The minimum atomic E-state index is -0.225.